The van der Waals surface area contributed by atoms with Crippen LogP contribution in [0.1, 0.15) is 20.9 Å². The molecule has 1 aliphatic heterocycles. The molecule has 130 valence electrons. The second-order valence-corrected chi connectivity index (χ2v) is 8.67. The SMILES string of the molecule is Cc1nn2cccnc2c1C(=O)N1CCN(Cc2ccc(Br)s2)CC1. The quantitative estimate of drug-likeness (QED) is 0.654. The van der Waals surface area contributed by atoms with Gasteiger partial charge in [-0.2, -0.15) is 5.10 Å². The van der Waals surface area contributed by atoms with Crippen LogP contribution in [0.2, 0.25) is 0 Å². The average molecular weight is 420 g/mol. The van der Waals surface area contributed by atoms with Crippen LogP contribution in [0, 0.1) is 6.92 Å². The first-order chi connectivity index (χ1) is 12.1. The minimum Gasteiger partial charge on any atom is -0.336 e. The van der Waals surface area contributed by atoms with E-state index in [0.717, 1.165) is 42.2 Å². The Hall–Kier alpha value is -1.77. The van der Waals surface area contributed by atoms with Crippen molar-refractivity contribution in [3.63, 3.8) is 0 Å². The molecule has 0 bridgehead atoms. The number of fused-ring (bicyclic) bond motifs is 1. The molecule has 1 saturated heterocycles. The summed E-state index contributed by atoms with van der Waals surface area (Å²) in [5.41, 5.74) is 1.99. The molecule has 4 heterocycles. The van der Waals surface area contributed by atoms with Crippen LogP contribution in [0.3, 0.4) is 0 Å². The van der Waals surface area contributed by atoms with Gasteiger partial charge in [-0.1, -0.05) is 0 Å². The van der Waals surface area contributed by atoms with E-state index in [9.17, 15) is 4.79 Å². The molecule has 4 rings (SSSR count). The van der Waals surface area contributed by atoms with Crippen molar-refractivity contribution in [3.8, 4) is 0 Å². The van der Waals surface area contributed by atoms with Gasteiger partial charge in [-0.05, 0) is 41.1 Å². The molecule has 0 N–H and O–H groups in total. The Morgan fingerprint density at radius 3 is 2.80 bits per heavy atom. The molecule has 25 heavy (non-hydrogen) atoms. The molecule has 3 aromatic rings. The fourth-order valence-electron chi connectivity index (χ4n) is 3.17. The number of carbonyl (C=O) groups is 1. The van der Waals surface area contributed by atoms with E-state index in [1.165, 1.54) is 4.88 Å². The highest BCUT2D eigenvalue weighted by Crippen LogP contribution is 2.24. The smallest absolute Gasteiger partial charge is 0.259 e. The number of hydrogen-bond acceptors (Lipinski definition) is 5. The summed E-state index contributed by atoms with van der Waals surface area (Å²) in [5.74, 6) is 0.0321. The van der Waals surface area contributed by atoms with Crippen molar-refractivity contribution >= 4 is 38.8 Å². The van der Waals surface area contributed by atoms with Crippen molar-refractivity contribution < 1.29 is 4.79 Å². The minimum atomic E-state index is 0.0321. The largest absolute Gasteiger partial charge is 0.336 e. The Morgan fingerprint density at radius 1 is 1.28 bits per heavy atom. The molecule has 0 aliphatic carbocycles. The molecule has 0 spiro atoms. The second kappa shape index (κ2) is 6.86. The molecule has 1 amide bonds. The van der Waals surface area contributed by atoms with E-state index >= 15 is 0 Å². The van der Waals surface area contributed by atoms with Crippen molar-refractivity contribution in [1.82, 2.24) is 24.4 Å². The van der Waals surface area contributed by atoms with Gasteiger partial charge in [0.25, 0.3) is 5.91 Å². The normalized spacial score (nSPS) is 15.8. The number of thiophene rings is 1. The van der Waals surface area contributed by atoms with Gasteiger partial charge < -0.3 is 4.90 Å². The van der Waals surface area contributed by atoms with Gasteiger partial charge in [-0.15, -0.1) is 11.3 Å². The van der Waals surface area contributed by atoms with Gasteiger partial charge in [0.15, 0.2) is 5.65 Å². The number of piperazine rings is 1. The predicted molar refractivity (Wildman–Crippen MR) is 101 cm³/mol. The molecule has 0 saturated carbocycles. The number of carbonyl (C=O) groups excluding carboxylic acids is 1. The highest BCUT2D eigenvalue weighted by atomic mass is 79.9. The molecule has 0 atom stereocenters. The second-order valence-electron chi connectivity index (χ2n) is 6.12. The van der Waals surface area contributed by atoms with Gasteiger partial charge in [-0.25, -0.2) is 9.50 Å². The predicted octanol–water partition coefficient (Wildman–Crippen LogP) is 2.82. The van der Waals surface area contributed by atoms with Gasteiger partial charge in [0.1, 0.15) is 5.56 Å². The van der Waals surface area contributed by atoms with E-state index in [2.05, 4.69) is 43.0 Å². The number of amides is 1. The van der Waals surface area contributed by atoms with Crippen molar-refractivity contribution in [1.29, 1.82) is 0 Å². The summed E-state index contributed by atoms with van der Waals surface area (Å²) in [5, 5.41) is 4.40. The van der Waals surface area contributed by atoms with Gasteiger partial charge >= 0.3 is 0 Å². The van der Waals surface area contributed by atoms with E-state index in [4.69, 9.17) is 0 Å². The number of nitrogens with zero attached hydrogens (tertiary/aromatic N) is 5. The summed E-state index contributed by atoms with van der Waals surface area (Å²) in [4.78, 5) is 23.0. The van der Waals surface area contributed by atoms with Gasteiger partial charge in [0.05, 0.1) is 9.48 Å². The fourth-order valence-corrected chi connectivity index (χ4v) is 4.70. The van der Waals surface area contributed by atoms with Crippen LogP contribution >= 0.6 is 27.3 Å². The summed E-state index contributed by atoms with van der Waals surface area (Å²) in [7, 11) is 0. The Bertz CT molecular complexity index is 913. The summed E-state index contributed by atoms with van der Waals surface area (Å²) in [6.45, 7) is 6.03. The topological polar surface area (TPSA) is 53.7 Å². The first-order valence-electron chi connectivity index (χ1n) is 8.17. The lowest BCUT2D eigenvalue weighted by atomic mass is 10.2. The first kappa shape index (κ1) is 16.7. The molecule has 0 unspecified atom stereocenters. The Kier molecular flexibility index (Phi) is 4.58. The third-order valence-corrected chi connectivity index (χ3v) is 6.06. The van der Waals surface area contributed by atoms with Gasteiger partial charge in [0, 0.05) is 50.0 Å². The van der Waals surface area contributed by atoms with E-state index in [1.807, 2.05) is 24.1 Å². The monoisotopic (exact) mass is 419 g/mol. The van der Waals surface area contributed by atoms with Crippen LogP contribution in [0.25, 0.3) is 5.65 Å². The van der Waals surface area contributed by atoms with Crippen LogP contribution in [0.15, 0.2) is 34.4 Å². The Morgan fingerprint density at radius 2 is 2.08 bits per heavy atom. The highest BCUT2D eigenvalue weighted by Gasteiger charge is 2.26. The van der Waals surface area contributed by atoms with E-state index in [1.54, 1.807) is 22.0 Å². The van der Waals surface area contributed by atoms with Crippen molar-refractivity contribution in [2.75, 3.05) is 26.2 Å². The molecule has 1 aliphatic rings. The van der Waals surface area contributed by atoms with Crippen LogP contribution in [-0.4, -0.2) is 56.5 Å². The lowest BCUT2D eigenvalue weighted by Crippen LogP contribution is -2.48. The van der Waals surface area contributed by atoms with E-state index in [-0.39, 0.29) is 5.91 Å². The molecule has 8 heteroatoms. The van der Waals surface area contributed by atoms with Gasteiger partial charge in [0.2, 0.25) is 0 Å². The molecule has 6 nitrogen and oxygen atoms in total. The average Bonchev–Trinajstić information content (AvgIpc) is 3.17. The number of aryl methyl sites for hydroxylation is 1. The lowest BCUT2D eigenvalue weighted by molar-refractivity contribution is 0.0630. The van der Waals surface area contributed by atoms with Crippen LogP contribution in [-0.2, 0) is 6.54 Å². The zero-order chi connectivity index (χ0) is 17.4. The van der Waals surface area contributed by atoms with Crippen molar-refractivity contribution in [3.05, 3.63) is 50.5 Å². The summed E-state index contributed by atoms with van der Waals surface area (Å²) < 4.78 is 2.83. The van der Waals surface area contributed by atoms with Crippen LogP contribution < -0.4 is 0 Å². The van der Waals surface area contributed by atoms with E-state index < -0.39 is 0 Å². The summed E-state index contributed by atoms with van der Waals surface area (Å²) in [6, 6.07) is 6.05. The maximum Gasteiger partial charge on any atom is 0.259 e. The number of halogens is 1. The maximum atomic E-state index is 13.0. The zero-order valence-corrected chi connectivity index (χ0v) is 16.3. The standard InChI is InChI=1S/C17H18BrN5OS/c1-12-15(16-19-5-2-6-23(16)20-12)17(24)22-9-7-21(8-10-22)11-13-3-4-14(18)25-13/h2-6H,7-11H2,1H3. The molecule has 3 aromatic heterocycles. The molecule has 0 aromatic carbocycles. The Balaban J connectivity index is 1.45. The lowest BCUT2D eigenvalue weighted by Gasteiger charge is -2.34. The summed E-state index contributed by atoms with van der Waals surface area (Å²) >= 11 is 5.27. The third kappa shape index (κ3) is 3.33. The van der Waals surface area contributed by atoms with Crippen molar-refractivity contribution in [2.45, 2.75) is 13.5 Å². The van der Waals surface area contributed by atoms with Crippen LogP contribution in [0.4, 0.5) is 0 Å². The number of hydrogen-bond donors (Lipinski definition) is 0. The molecule has 0 radical (unpaired) electrons. The van der Waals surface area contributed by atoms with Crippen molar-refractivity contribution in [2.24, 2.45) is 0 Å². The molecule has 1 fully saturated rings. The van der Waals surface area contributed by atoms with Gasteiger partial charge in [-0.3, -0.25) is 9.69 Å². The highest BCUT2D eigenvalue weighted by molar-refractivity contribution is 9.11. The number of aromatic nitrogens is 3. The number of rotatable bonds is 3. The third-order valence-electron chi connectivity index (χ3n) is 4.45. The zero-order valence-electron chi connectivity index (χ0n) is 13.9. The molecular formula is C17H18BrN5OS. The fraction of sp³-hybridized carbons (Fsp3) is 0.353. The minimum absolute atomic E-state index is 0.0321. The molecular weight excluding hydrogens is 402 g/mol. The van der Waals surface area contributed by atoms with E-state index in [0.29, 0.717) is 11.2 Å². The first-order valence-corrected chi connectivity index (χ1v) is 9.78. The Labute approximate surface area is 158 Å². The maximum absolute atomic E-state index is 13.0. The summed E-state index contributed by atoms with van der Waals surface area (Å²) in [6.07, 6.45) is 3.52. The van der Waals surface area contributed by atoms with Crippen LogP contribution in [0.5, 0.6) is 0 Å².